The van der Waals surface area contributed by atoms with Crippen LogP contribution in [0.4, 0.5) is 0 Å². The minimum atomic E-state index is -0.336. The molecule has 0 unspecified atom stereocenters. The Labute approximate surface area is 157 Å². The van der Waals surface area contributed by atoms with Crippen molar-refractivity contribution in [2.75, 3.05) is 0 Å². The molecule has 0 saturated heterocycles. The first kappa shape index (κ1) is 17.2. The van der Waals surface area contributed by atoms with Crippen molar-refractivity contribution in [3.63, 3.8) is 0 Å². The van der Waals surface area contributed by atoms with E-state index in [0.29, 0.717) is 0 Å². The van der Waals surface area contributed by atoms with Crippen molar-refractivity contribution in [2.45, 2.75) is 45.1 Å². The van der Waals surface area contributed by atoms with Crippen LogP contribution < -0.4 is 5.32 Å². The Morgan fingerprint density at radius 3 is 2.69 bits per heavy atom. The number of hydrogen-bond donors (Lipinski definition) is 1. The molecule has 0 aliphatic heterocycles. The summed E-state index contributed by atoms with van der Waals surface area (Å²) >= 11 is 1.71. The second-order valence-electron chi connectivity index (χ2n) is 7.19. The Morgan fingerprint density at radius 1 is 1.19 bits per heavy atom. The van der Waals surface area contributed by atoms with E-state index in [1.807, 2.05) is 43.3 Å². The van der Waals surface area contributed by atoms with Crippen LogP contribution in [0.3, 0.4) is 0 Å². The molecule has 1 aliphatic rings. The maximum atomic E-state index is 13.2. The number of benzene rings is 1. The maximum Gasteiger partial charge on any atom is 0.227 e. The lowest BCUT2D eigenvalue weighted by Crippen LogP contribution is -2.42. The van der Waals surface area contributed by atoms with Gasteiger partial charge in [-0.1, -0.05) is 31.0 Å². The Kier molecular flexibility index (Phi) is 4.72. The molecule has 1 aromatic carbocycles. The van der Waals surface area contributed by atoms with Crippen molar-refractivity contribution in [3.05, 3.63) is 59.4 Å². The molecule has 0 radical (unpaired) electrons. The molecule has 1 aliphatic carbocycles. The molecule has 4 rings (SSSR count). The lowest BCUT2D eigenvalue weighted by Gasteiger charge is -2.28. The van der Waals surface area contributed by atoms with Gasteiger partial charge in [-0.3, -0.25) is 9.78 Å². The maximum absolute atomic E-state index is 13.2. The van der Waals surface area contributed by atoms with E-state index in [9.17, 15) is 4.79 Å². The number of hydrogen-bond acceptors (Lipinski definition) is 4. The lowest BCUT2D eigenvalue weighted by molar-refractivity contribution is -0.131. The molecule has 2 aromatic heterocycles. The van der Waals surface area contributed by atoms with Crippen LogP contribution in [0.2, 0.25) is 0 Å². The van der Waals surface area contributed by atoms with Crippen LogP contribution in [-0.2, 0) is 11.2 Å². The third-order valence-electron chi connectivity index (χ3n) is 5.35. The summed E-state index contributed by atoms with van der Waals surface area (Å²) in [5, 5.41) is 4.27. The van der Waals surface area contributed by atoms with Crippen LogP contribution in [0.5, 0.6) is 0 Å². The number of nitrogens with one attached hydrogen (secondary N) is 1. The second-order valence-corrected chi connectivity index (χ2v) is 8.30. The average molecular weight is 366 g/mol. The average Bonchev–Trinajstić information content (AvgIpc) is 3.29. The highest BCUT2D eigenvalue weighted by atomic mass is 32.1. The fraction of sp³-hybridized carbons (Fsp3) is 0.381. The monoisotopic (exact) mass is 365 g/mol. The van der Waals surface area contributed by atoms with Gasteiger partial charge < -0.3 is 5.32 Å². The van der Waals surface area contributed by atoms with Gasteiger partial charge in [0.15, 0.2) is 0 Å². The zero-order chi connectivity index (χ0) is 18.0. The number of aromatic nitrogens is 2. The van der Waals surface area contributed by atoms with E-state index < -0.39 is 0 Å². The minimum absolute atomic E-state index is 0.0865. The molecule has 26 heavy (non-hydrogen) atoms. The van der Waals surface area contributed by atoms with Crippen molar-refractivity contribution >= 4 is 27.5 Å². The molecule has 1 saturated carbocycles. The number of nitrogens with zero attached hydrogens (tertiary/aromatic N) is 2. The topological polar surface area (TPSA) is 54.9 Å². The van der Waals surface area contributed by atoms with Gasteiger partial charge in [0.1, 0.15) is 0 Å². The molecular formula is C21H23N3OS. The third kappa shape index (κ3) is 3.36. The van der Waals surface area contributed by atoms with Crippen LogP contribution in [0.15, 0.2) is 48.7 Å². The Balaban J connectivity index is 1.54. The van der Waals surface area contributed by atoms with Crippen molar-refractivity contribution in [1.82, 2.24) is 15.3 Å². The van der Waals surface area contributed by atoms with E-state index in [2.05, 4.69) is 16.4 Å². The molecule has 4 nitrogen and oxygen atoms in total. The molecule has 1 atom stereocenters. The van der Waals surface area contributed by atoms with Crippen LogP contribution >= 0.6 is 11.3 Å². The molecule has 134 valence electrons. The van der Waals surface area contributed by atoms with E-state index >= 15 is 0 Å². The number of rotatable bonds is 5. The molecule has 3 aromatic rings. The SMILES string of the molecule is C[C@H](NC(=O)C1(Cc2nc3ccccc3s2)CCCC1)c1ccccn1. The van der Waals surface area contributed by atoms with Crippen molar-refractivity contribution in [2.24, 2.45) is 5.41 Å². The van der Waals surface area contributed by atoms with Gasteiger partial charge in [0.05, 0.1) is 32.4 Å². The number of fused-ring (bicyclic) bond motifs is 1. The van der Waals surface area contributed by atoms with Gasteiger partial charge in [-0.15, -0.1) is 11.3 Å². The minimum Gasteiger partial charge on any atom is -0.348 e. The number of para-hydroxylation sites is 1. The largest absolute Gasteiger partial charge is 0.348 e. The molecule has 1 fully saturated rings. The molecule has 0 bridgehead atoms. The quantitative estimate of drug-likeness (QED) is 0.715. The number of thiazole rings is 1. The van der Waals surface area contributed by atoms with E-state index in [1.165, 1.54) is 4.70 Å². The molecule has 1 amide bonds. The summed E-state index contributed by atoms with van der Waals surface area (Å²) in [5.41, 5.74) is 1.59. The Hall–Kier alpha value is -2.27. The summed E-state index contributed by atoms with van der Waals surface area (Å²) in [6.07, 6.45) is 6.58. The van der Waals surface area contributed by atoms with Crippen LogP contribution in [0, 0.1) is 5.41 Å². The Bertz CT molecular complexity index is 867. The van der Waals surface area contributed by atoms with E-state index in [-0.39, 0.29) is 17.4 Å². The fourth-order valence-corrected chi connectivity index (χ4v) is 4.99. The smallest absolute Gasteiger partial charge is 0.227 e. The van der Waals surface area contributed by atoms with Crippen molar-refractivity contribution < 1.29 is 4.79 Å². The molecular weight excluding hydrogens is 342 g/mol. The lowest BCUT2D eigenvalue weighted by atomic mass is 9.81. The summed E-state index contributed by atoms with van der Waals surface area (Å²) in [4.78, 5) is 22.3. The number of amides is 1. The highest BCUT2D eigenvalue weighted by Crippen LogP contribution is 2.42. The Morgan fingerprint density at radius 2 is 1.96 bits per heavy atom. The highest BCUT2D eigenvalue weighted by Gasteiger charge is 2.42. The molecule has 0 spiro atoms. The zero-order valence-corrected chi connectivity index (χ0v) is 15.8. The third-order valence-corrected chi connectivity index (χ3v) is 6.39. The summed E-state index contributed by atoms with van der Waals surface area (Å²) in [6.45, 7) is 2.00. The first-order valence-corrected chi connectivity index (χ1v) is 10.0. The fourth-order valence-electron chi connectivity index (χ4n) is 3.88. The van der Waals surface area contributed by atoms with Gasteiger partial charge in [0, 0.05) is 12.6 Å². The first-order valence-electron chi connectivity index (χ1n) is 9.23. The molecule has 2 heterocycles. The van der Waals surface area contributed by atoms with Crippen molar-refractivity contribution in [3.8, 4) is 0 Å². The van der Waals surface area contributed by atoms with Gasteiger partial charge in [-0.05, 0) is 44.0 Å². The summed E-state index contributed by atoms with van der Waals surface area (Å²) in [7, 11) is 0. The zero-order valence-electron chi connectivity index (χ0n) is 14.9. The van der Waals surface area contributed by atoms with Gasteiger partial charge in [-0.25, -0.2) is 4.98 Å². The molecule has 1 N–H and O–H groups in total. The van der Waals surface area contributed by atoms with Crippen molar-refractivity contribution in [1.29, 1.82) is 0 Å². The standard InChI is InChI=1S/C21H23N3OS/c1-15(16-8-4-7-13-22-16)23-20(25)21(11-5-6-12-21)14-19-24-17-9-2-3-10-18(17)26-19/h2-4,7-10,13,15H,5-6,11-12,14H2,1H3,(H,23,25)/t15-/m0/s1. The summed E-state index contributed by atoms with van der Waals surface area (Å²) in [5.74, 6) is 0.146. The van der Waals surface area contributed by atoms with E-state index in [0.717, 1.165) is 48.3 Å². The first-order chi connectivity index (χ1) is 12.7. The number of pyridine rings is 1. The number of carbonyl (C=O) groups excluding carboxylic acids is 1. The van der Waals surface area contributed by atoms with Gasteiger partial charge in [-0.2, -0.15) is 0 Å². The van der Waals surface area contributed by atoms with Gasteiger partial charge >= 0.3 is 0 Å². The van der Waals surface area contributed by atoms with Crippen LogP contribution in [-0.4, -0.2) is 15.9 Å². The van der Waals surface area contributed by atoms with Crippen LogP contribution in [0.25, 0.3) is 10.2 Å². The van der Waals surface area contributed by atoms with E-state index in [1.54, 1.807) is 17.5 Å². The number of carbonyl (C=O) groups is 1. The van der Waals surface area contributed by atoms with E-state index in [4.69, 9.17) is 4.98 Å². The molecule has 5 heteroatoms. The second kappa shape index (κ2) is 7.16. The normalized spacial score (nSPS) is 17.3. The van der Waals surface area contributed by atoms with Gasteiger partial charge in [0.25, 0.3) is 0 Å². The predicted octanol–water partition coefficient (Wildman–Crippen LogP) is 4.67. The highest BCUT2D eigenvalue weighted by molar-refractivity contribution is 7.18. The summed E-state index contributed by atoms with van der Waals surface area (Å²) < 4.78 is 1.19. The van der Waals surface area contributed by atoms with Gasteiger partial charge in [0.2, 0.25) is 5.91 Å². The van der Waals surface area contributed by atoms with Crippen LogP contribution in [0.1, 0.15) is 49.4 Å². The predicted molar refractivity (Wildman–Crippen MR) is 105 cm³/mol. The summed E-state index contributed by atoms with van der Waals surface area (Å²) in [6, 6.07) is 13.9.